The van der Waals surface area contributed by atoms with Crippen LogP contribution < -0.4 is 0 Å². The van der Waals surface area contributed by atoms with Crippen LogP contribution in [0.3, 0.4) is 0 Å². The lowest BCUT2D eigenvalue weighted by Gasteiger charge is -2.34. The van der Waals surface area contributed by atoms with E-state index in [9.17, 15) is 19.2 Å². The molecule has 2 rings (SSSR count). The second-order valence-electron chi connectivity index (χ2n) is 7.34. The Kier molecular flexibility index (Phi) is 5.83. The third-order valence-corrected chi connectivity index (χ3v) is 4.98. The normalized spacial score (nSPS) is 31.5. The van der Waals surface area contributed by atoms with Crippen molar-refractivity contribution in [2.75, 3.05) is 0 Å². The second kappa shape index (κ2) is 7.73. The molecule has 7 nitrogen and oxygen atoms in total. The summed E-state index contributed by atoms with van der Waals surface area (Å²) in [6.07, 6.45) is 12.1. The summed E-state index contributed by atoms with van der Waals surface area (Å²) in [7, 11) is 0. The lowest BCUT2D eigenvalue weighted by atomic mass is 9.71. The van der Waals surface area contributed by atoms with Crippen molar-refractivity contribution in [1.29, 1.82) is 0 Å². The van der Waals surface area contributed by atoms with Crippen molar-refractivity contribution >= 4 is 23.9 Å². The molecule has 0 spiro atoms. The first-order chi connectivity index (χ1) is 12.6. The molecule has 0 radical (unpaired) electrons. The quantitative estimate of drug-likeness (QED) is 0.542. The zero-order chi connectivity index (χ0) is 20.2. The Labute approximate surface area is 156 Å². The minimum absolute atomic E-state index is 0.301. The van der Waals surface area contributed by atoms with E-state index in [0.29, 0.717) is 0 Å². The number of carbonyl (C=O) groups is 4. The fourth-order valence-electron chi connectivity index (χ4n) is 3.46. The first kappa shape index (κ1) is 20.4. The number of allylic oxidation sites excluding steroid dienone is 6. The lowest BCUT2D eigenvalue weighted by Crippen LogP contribution is -2.40. The summed E-state index contributed by atoms with van der Waals surface area (Å²) in [4.78, 5) is 47.5. The van der Waals surface area contributed by atoms with E-state index in [-0.39, 0.29) is 12.8 Å². The van der Waals surface area contributed by atoms with Crippen LogP contribution in [-0.2, 0) is 23.9 Å². The van der Waals surface area contributed by atoms with Gasteiger partial charge in [-0.2, -0.15) is 0 Å². The molecule has 0 aliphatic heterocycles. The van der Waals surface area contributed by atoms with Crippen molar-refractivity contribution in [2.45, 2.75) is 26.7 Å². The molecule has 0 aromatic rings. The number of aliphatic carboxylic acids is 2. The Balaban J connectivity index is 2.17. The Morgan fingerprint density at radius 3 is 1.48 bits per heavy atom. The van der Waals surface area contributed by atoms with Gasteiger partial charge in [-0.05, 0) is 0 Å². The molecule has 4 unspecified atom stereocenters. The predicted octanol–water partition coefficient (Wildman–Crippen LogP) is 2.50. The van der Waals surface area contributed by atoms with E-state index in [2.05, 4.69) is 0 Å². The molecule has 2 aliphatic carbocycles. The smallest absolute Gasteiger partial charge is 0.321 e. The highest BCUT2D eigenvalue weighted by molar-refractivity contribution is 5.91. The van der Waals surface area contributed by atoms with E-state index in [1.54, 1.807) is 50.3 Å². The summed E-state index contributed by atoms with van der Waals surface area (Å²) < 4.78 is 5.05. The lowest BCUT2D eigenvalue weighted by molar-refractivity contribution is -0.167. The van der Waals surface area contributed by atoms with Crippen LogP contribution in [0.2, 0.25) is 0 Å². The molecule has 27 heavy (non-hydrogen) atoms. The number of hydrogen-bond acceptors (Lipinski definition) is 5. The Hall–Kier alpha value is -2.96. The molecule has 4 atom stereocenters. The van der Waals surface area contributed by atoms with E-state index in [1.807, 2.05) is 0 Å². The molecule has 0 bridgehead atoms. The van der Waals surface area contributed by atoms with E-state index >= 15 is 0 Å². The van der Waals surface area contributed by atoms with Crippen LogP contribution in [-0.4, -0.2) is 34.1 Å². The van der Waals surface area contributed by atoms with E-state index < -0.39 is 46.5 Å². The zero-order valence-electron chi connectivity index (χ0n) is 15.1. The Morgan fingerprint density at radius 1 is 0.778 bits per heavy atom. The number of carboxylic acid groups (broad SMARTS) is 2. The molecule has 0 saturated heterocycles. The van der Waals surface area contributed by atoms with Crippen molar-refractivity contribution in [1.82, 2.24) is 0 Å². The monoisotopic (exact) mass is 374 g/mol. The fraction of sp³-hybridized carbons (Fsp3) is 0.400. The number of rotatable bonds is 6. The van der Waals surface area contributed by atoms with Gasteiger partial charge in [0.15, 0.2) is 0 Å². The number of carboxylic acids is 2. The molecule has 144 valence electrons. The van der Waals surface area contributed by atoms with E-state index in [1.165, 1.54) is 12.2 Å². The Morgan fingerprint density at radius 2 is 1.15 bits per heavy atom. The fourth-order valence-corrected chi connectivity index (χ4v) is 3.46. The van der Waals surface area contributed by atoms with Gasteiger partial charge in [0.2, 0.25) is 0 Å². The van der Waals surface area contributed by atoms with Crippen molar-refractivity contribution < 1.29 is 34.1 Å². The van der Waals surface area contributed by atoms with Crippen LogP contribution in [0.15, 0.2) is 48.6 Å². The molecule has 0 heterocycles. The average molecular weight is 374 g/mol. The van der Waals surface area contributed by atoms with Gasteiger partial charge >= 0.3 is 23.9 Å². The number of esters is 2. The van der Waals surface area contributed by atoms with Gasteiger partial charge in [0.05, 0.1) is 24.7 Å². The summed E-state index contributed by atoms with van der Waals surface area (Å²) >= 11 is 0. The van der Waals surface area contributed by atoms with Crippen LogP contribution in [0.5, 0.6) is 0 Å². The van der Waals surface area contributed by atoms with Gasteiger partial charge in [-0.15, -0.1) is 0 Å². The van der Waals surface area contributed by atoms with Crippen LogP contribution in [0.1, 0.15) is 26.7 Å². The highest BCUT2D eigenvalue weighted by Gasteiger charge is 2.44. The Bertz CT molecular complexity index is 709. The largest absolute Gasteiger partial charge is 0.481 e. The molecule has 0 amide bonds. The number of ether oxygens (including phenoxy) is 1. The molecule has 0 fully saturated rings. The second-order valence-corrected chi connectivity index (χ2v) is 7.34. The van der Waals surface area contributed by atoms with Crippen molar-refractivity contribution in [3.63, 3.8) is 0 Å². The number of hydrogen-bond donors (Lipinski definition) is 2. The first-order valence-electron chi connectivity index (χ1n) is 8.48. The van der Waals surface area contributed by atoms with Crippen LogP contribution in [0.4, 0.5) is 0 Å². The molecule has 0 saturated carbocycles. The van der Waals surface area contributed by atoms with Gasteiger partial charge in [-0.1, -0.05) is 62.5 Å². The molecule has 0 aromatic carbocycles. The van der Waals surface area contributed by atoms with Gasteiger partial charge in [0.25, 0.3) is 0 Å². The molecule has 2 aliphatic rings. The van der Waals surface area contributed by atoms with E-state index in [4.69, 9.17) is 14.9 Å². The molecular weight excluding hydrogens is 352 g/mol. The summed E-state index contributed by atoms with van der Waals surface area (Å²) in [5.41, 5.74) is -2.05. The summed E-state index contributed by atoms with van der Waals surface area (Å²) in [6, 6.07) is 0. The SMILES string of the molecule is CC1(CC(=O)O)C=CC=CC1C(=O)OC(=O)C1C=CC=CC1(C)CC(=O)O. The average Bonchev–Trinajstić information content (AvgIpc) is 2.53. The van der Waals surface area contributed by atoms with Crippen LogP contribution >= 0.6 is 0 Å². The van der Waals surface area contributed by atoms with Crippen molar-refractivity contribution in [3.05, 3.63) is 48.6 Å². The topological polar surface area (TPSA) is 118 Å². The highest BCUT2D eigenvalue weighted by Crippen LogP contribution is 2.40. The molecular formula is C20H22O7. The standard InChI is InChI=1S/C20H22O7/c1-19(11-15(21)22)9-5-3-7-13(19)17(25)27-18(26)14-8-4-6-10-20(14,2)12-16(23)24/h3-10,13-14H,11-12H2,1-2H3,(H,21,22)(H,23,24). The van der Waals surface area contributed by atoms with Crippen molar-refractivity contribution in [3.8, 4) is 0 Å². The summed E-state index contributed by atoms with van der Waals surface area (Å²) in [5.74, 6) is -5.73. The maximum Gasteiger partial charge on any atom is 0.321 e. The molecule has 0 aromatic heterocycles. The maximum atomic E-state index is 12.6. The first-order valence-corrected chi connectivity index (χ1v) is 8.48. The highest BCUT2D eigenvalue weighted by atomic mass is 16.6. The third-order valence-electron chi connectivity index (χ3n) is 4.98. The van der Waals surface area contributed by atoms with Crippen molar-refractivity contribution in [2.24, 2.45) is 22.7 Å². The summed E-state index contributed by atoms with van der Waals surface area (Å²) in [6.45, 7) is 3.21. The minimum atomic E-state index is -1.07. The van der Waals surface area contributed by atoms with Crippen LogP contribution in [0, 0.1) is 22.7 Å². The zero-order valence-corrected chi connectivity index (χ0v) is 15.1. The van der Waals surface area contributed by atoms with Gasteiger partial charge in [-0.3, -0.25) is 19.2 Å². The summed E-state index contributed by atoms with van der Waals surface area (Å²) in [5, 5.41) is 18.2. The molecule has 7 heteroatoms. The van der Waals surface area contributed by atoms with E-state index in [0.717, 1.165) is 0 Å². The maximum absolute atomic E-state index is 12.6. The van der Waals surface area contributed by atoms with Crippen LogP contribution in [0.25, 0.3) is 0 Å². The number of carbonyl (C=O) groups excluding carboxylic acids is 2. The molecule has 2 N–H and O–H groups in total. The third kappa shape index (κ3) is 4.61. The van der Waals surface area contributed by atoms with Gasteiger partial charge in [0, 0.05) is 10.8 Å². The van der Waals surface area contributed by atoms with Gasteiger partial charge in [-0.25, -0.2) is 0 Å². The van der Waals surface area contributed by atoms with Gasteiger partial charge < -0.3 is 14.9 Å². The minimum Gasteiger partial charge on any atom is -0.481 e. The predicted molar refractivity (Wildman–Crippen MR) is 95.4 cm³/mol. The van der Waals surface area contributed by atoms with Gasteiger partial charge in [0.1, 0.15) is 0 Å².